The van der Waals surface area contributed by atoms with Crippen molar-refractivity contribution in [1.82, 2.24) is 9.97 Å². The molecule has 146 valence electrons. The Bertz CT molecular complexity index is 941. The smallest absolute Gasteiger partial charge is 0.329 e. The minimum Gasteiger partial charge on any atom is -0.329 e. The van der Waals surface area contributed by atoms with Gasteiger partial charge in [-0.2, -0.15) is 18.2 Å². The number of anilines is 4. The van der Waals surface area contributed by atoms with Crippen molar-refractivity contribution in [2.24, 2.45) is 0 Å². The first kappa shape index (κ1) is 19.9. The van der Waals surface area contributed by atoms with E-state index in [-0.39, 0.29) is 11.8 Å². The van der Waals surface area contributed by atoms with E-state index in [0.717, 1.165) is 18.2 Å². The summed E-state index contributed by atoms with van der Waals surface area (Å²) in [6.07, 6.45) is -2.94. The zero-order chi connectivity index (χ0) is 20.3. The van der Waals surface area contributed by atoms with Crippen LogP contribution in [0.5, 0.6) is 0 Å². The molecule has 1 N–H and O–H groups in total. The molecule has 0 unspecified atom stereocenters. The first-order valence-electron chi connectivity index (χ1n) is 8.57. The Hall–Kier alpha value is -2.80. The molecule has 0 aliphatic carbocycles. The third-order valence-electron chi connectivity index (χ3n) is 4.22. The van der Waals surface area contributed by atoms with E-state index in [1.54, 1.807) is 43.4 Å². The fraction of sp³-hybridized carbons (Fsp3) is 0.200. The quantitative estimate of drug-likeness (QED) is 0.546. The normalized spacial score (nSPS) is 11.4. The fourth-order valence-electron chi connectivity index (χ4n) is 2.63. The lowest BCUT2D eigenvalue weighted by Crippen LogP contribution is -2.19. The summed E-state index contributed by atoms with van der Waals surface area (Å²) in [6, 6.07) is 14.0. The first-order valence-corrected chi connectivity index (χ1v) is 8.95. The lowest BCUT2D eigenvalue weighted by atomic mass is 10.1. The van der Waals surface area contributed by atoms with E-state index in [2.05, 4.69) is 15.3 Å². The van der Waals surface area contributed by atoms with Crippen LogP contribution in [0, 0.1) is 0 Å². The minimum absolute atomic E-state index is 0.0577. The summed E-state index contributed by atoms with van der Waals surface area (Å²) in [4.78, 5) is 9.35. The molecule has 0 aliphatic heterocycles. The second-order valence-electron chi connectivity index (χ2n) is 6.14. The maximum atomic E-state index is 13.5. The van der Waals surface area contributed by atoms with E-state index >= 15 is 0 Å². The number of hydrogen-bond donors (Lipinski definition) is 1. The van der Waals surface area contributed by atoms with Crippen molar-refractivity contribution < 1.29 is 13.2 Å². The van der Waals surface area contributed by atoms with Gasteiger partial charge in [-0.05, 0) is 48.4 Å². The monoisotopic (exact) mass is 406 g/mol. The molecule has 3 aromatic rings. The van der Waals surface area contributed by atoms with Gasteiger partial charge in [0.1, 0.15) is 5.56 Å². The summed E-state index contributed by atoms with van der Waals surface area (Å²) < 4.78 is 40.5. The summed E-state index contributed by atoms with van der Waals surface area (Å²) in [6.45, 7) is 2.01. The maximum Gasteiger partial charge on any atom is 0.421 e. The topological polar surface area (TPSA) is 41.1 Å². The second kappa shape index (κ2) is 8.06. The average molecular weight is 407 g/mol. The highest BCUT2D eigenvalue weighted by Gasteiger charge is 2.36. The molecule has 2 aromatic carbocycles. The van der Waals surface area contributed by atoms with Gasteiger partial charge in [0.15, 0.2) is 5.82 Å². The molecule has 0 spiro atoms. The zero-order valence-electron chi connectivity index (χ0n) is 15.3. The number of aryl methyl sites for hydroxylation is 1. The van der Waals surface area contributed by atoms with E-state index in [0.29, 0.717) is 16.4 Å². The van der Waals surface area contributed by atoms with Gasteiger partial charge in [-0.15, -0.1) is 0 Å². The van der Waals surface area contributed by atoms with Crippen LogP contribution in [0.15, 0.2) is 54.7 Å². The molecule has 3 rings (SSSR count). The summed E-state index contributed by atoms with van der Waals surface area (Å²) in [7, 11) is 1.55. The predicted octanol–water partition coefficient (Wildman–Crippen LogP) is 6.22. The third kappa shape index (κ3) is 4.54. The fourth-order valence-corrected chi connectivity index (χ4v) is 2.75. The number of halogens is 4. The molecule has 0 saturated heterocycles. The molecule has 0 atom stereocenters. The number of nitrogens with zero attached hydrogens (tertiary/aromatic N) is 3. The molecular formula is C20H18ClF3N4. The van der Waals surface area contributed by atoms with Crippen molar-refractivity contribution in [2.45, 2.75) is 19.5 Å². The van der Waals surface area contributed by atoms with Crippen LogP contribution in [0.1, 0.15) is 18.1 Å². The summed E-state index contributed by atoms with van der Waals surface area (Å²) >= 11 is 5.85. The van der Waals surface area contributed by atoms with E-state index in [1.165, 1.54) is 4.90 Å². The van der Waals surface area contributed by atoms with Gasteiger partial charge < -0.3 is 10.2 Å². The Balaban J connectivity index is 1.98. The molecule has 4 nitrogen and oxygen atoms in total. The Morgan fingerprint density at radius 1 is 1.04 bits per heavy atom. The van der Waals surface area contributed by atoms with Crippen LogP contribution >= 0.6 is 11.6 Å². The molecular weight excluding hydrogens is 389 g/mol. The van der Waals surface area contributed by atoms with Crippen molar-refractivity contribution in [1.29, 1.82) is 0 Å². The highest BCUT2D eigenvalue weighted by atomic mass is 35.5. The van der Waals surface area contributed by atoms with Crippen molar-refractivity contribution in [3.63, 3.8) is 0 Å². The molecule has 0 saturated carbocycles. The van der Waals surface area contributed by atoms with Crippen LogP contribution in [0.25, 0.3) is 0 Å². The van der Waals surface area contributed by atoms with Gasteiger partial charge in [-0.1, -0.05) is 30.7 Å². The number of aromatic nitrogens is 2. The van der Waals surface area contributed by atoms with E-state index in [4.69, 9.17) is 11.6 Å². The molecule has 1 aromatic heterocycles. The molecule has 0 aliphatic rings. The average Bonchev–Trinajstić information content (AvgIpc) is 2.68. The van der Waals surface area contributed by atoms with Gasteiger partial charge in [0.25, 0.3) is 0 Å². The molecule has 28 heavy (non-hydrogen) atoms. The van der Waals surface area contributed by atoms with Crippen molar-refractivity contribution in [3.8, 4) is 0 Å². The van der Waals surface area contributed by atoms with Crippen LogP contribution in [0.3, 0.4) is 0 Å². The Morgan fingerprint density at radius 3 is 2.25 bits per heavy atom. The van der Waals surface area contributed by atoms with Gasteiger partial charge in [0.05, 0.1) is 0 Å². The van der Waals surface area contributed by atoms with E-state index < -0.39 is 11.7 Å². The van der Waals surface area contributed by atoms with Gasteiger partial charge in [-0.25, -0.2) is 4.98 Å². The number of hydrogen-bond acceptors (Lipinski definition) is 4. The Morgan fingerprint density at radius 2 is 1.68 bits per heavy atom. The lowest BCUT2D eigenvalue weighted by Gasteiger charge is -2.23. The summed E-state index contributed by atoms with van der Waals surface area (Å²) in [5, 5.41) is 3.45. The highest BCUT2D eigenvalue weighted by Crippen LogP contribution is 2.37. The summed E-state index contributed by atoms with van der Waals surface area (Å²) in [5.41, 5.74) is 1.40. The van der Waals surface area contributed by atoms with Gasteiger partial charge in [0, 0.05) is 29.6 Å². The molecule has 0 amide bonds. The highest BCUT2D eigenvalue weighted by molar-refractivity contribution is 6.30. The van der Waals surface area contributed by atoms with Crippen molar-refractivity contribution in [3.05, 3.63) is 70.9 Å². The minimum atomic E-state index is -4.58. The number of benzene rings is 2. The van der Waals surface area contributed by atoms with Gasteiger partial charge in [-0.3, -0.25) is 0 Å². The number of rotatable bonds is 5. The molecule has 0 fully saturated rings. The lowest BCUT2D eigenvalue weighted by molar-refractivity contribution is -0.137. The SMILES string of the molecule is CCc1ccc(N(C)c2nc(Nc3ccc(Cl)cc3)ncc2C(F)(F)F)cc1. The molecule has 8 heteroatoms. The standard InChI is InChI=1S/C20H18ClF3N4/c1-3-13-4-10-16(11-5-13)28(2)18-17(20(22,23)24)12-25-19(27-18)26-15-8-6-14(21)7-9-15/h4-12H,3H2,1-2H3,(H,25,26,27). The van der Waals surface area contributed by atoms with E-state index in [9.17, 15) is 13.2 Å². The zero-order valence-corrected chi connectivity index (χ0v) is 16.0. The molecule has 0 bridgehead atoms. The van der Waals surface area contributed by atoms with Crippen LogP contribution in [-0.2, 0) is 12.6 Å². The first-order chi connectivity index (χ1) is 13.3. The van der Waals surface area contributed by atoms with Crippen LogP contribution in [0.2, 0.25) is 5.02 Å². The largest absolute Gasteiger partial charge is 0.421 e. The predicted molar refractivity (Wildman–Crippen MR) is 106 cm³/mol. The maximum absolute atomic E-state index is 13.5. The van der Waals surface area contributed by atoms with E-state index in [1.807, 2.05) is 19.1 Å². The Kier molecular flexibility index (Phi) is 5.74. The van der Waals surface area contributed by atoms with Crippen molar-refractivity contribution >= 4 is 34.7 Å². The van der Waals surface area contributed by atoms with Crippen LogP contribution in [0.4, 0.5) is 36.3 Å². The van der Waals surface area contributed by atoms with Crippen LogP contribution in [-0.4, -0.2) is 17.0 Å². The number of nitrogens with one attached hydrogen (secondary N) is 1. The molecule has 0 radical (unpaired) electrons. The number of alkyl halides is 3. The third-order valence-corrected chi connectivity index (χ3v) is 4.48. The van der Waals surface area contributed by atoms with Crippen molar-refractivity contribution in [2.75, 3.05) is 17.3 Å². The van der Waals surface area contributed by atoms with Gasteiger partial charge >= 0.3 is 6.18 Å². The second-order valence-corrected chi connectivity index (χ2v) is 6.58. The summed E-state index contributed by atoms with van der Waals surface area (Å²) in [5.74, 6) is -0.175. The molecule has 1 heterocycles. The van der Waals surface area contributed by atoms with Gasteiger partial charge in [0.2, 0.25) is 5.95 Å². The van der Waals surface area contributed by atoms with Crippen LogP contribution < -0.4 is 10.2 Å². The Labute approximate surface area is 166 Å².